The van der Waals surface area contributed by atoms with Crippen molar-refractivity contribution in [1.82, 2.24) is 16.0 Å². The zero-order chi connectivity index (χ0) is 26.2. The summed E-state index contributed by atoms with van der Waals surface area (Å²) in [4.78, 5) is 50.2. The van der Waals surface area contributed by atoms with E-state index in [-0.39, 0.29) is 36.6 Å². The highest BCUT2D eigenvalue weighted by Crippen LogP contribution is 2.32. The Hall–Kier alpha value is -2.27. The summed E-state index contributed by atoms with van der Waals surface area (Å²) >= 11 is 5.30. The average molecular weight is 528 g/mol. The number of benzene rings is 1. The fourth-order valence-electron chi connectivity index (χ4n) is 3.63. The number of nitrogens with one attached hydrogen (secondary N) is 3. The highest BCUT2D eigenvalue weighted by molar-refractivity contribution is 8.00. The third-order valence-corrected chi connectivity index (χ3v) is 6.86. The van der Waals surface area contributed by atoms with E-state index in [1.807, 2.05) is 27.7 Å². The van der Waals surface area contributed by atoms with Crippen LogP contribution in [0, 0.1) is 17.7 Å². The van der Waals surface area contributed by atoms with Gasteiger partial charge in [0.1, 0.15) is 18.5 Å². The monoisotopic (exact) mass is 527 g/mol. The molecule has 0 saturated carbocycles. The molecular formula is C24H34FN3O5S2. The van der Waals surface area contributed by atoms with E-state index in [1.165, 1.54) is 23.9 Å². The van der Waals surface area contributed by atoms with Gasteiger partial charge in [-0.2, -0.15) is 0 Å². The molecule has 1 saturated heterocycles. The number of alkyl carbamates (subject to hydrolysis) is 1. The van der Waals surface area contributed by atoms with Crippen LogP contribution >= 0.6 is 24.4 Å². The van der Waals surface area contributed by atoms with E-state index in [4.69, 9.17) is 4.74 Å². The Morgan fingerprint density at radius 3 is 2.40 bits per heavy atom. The lowest BCUT2D eigenvalue weighted by Gasteiger charge is -2.26. The first-order chi connectivity index (χ1) is 16.4. The highest BCUT2D eigenvalue weighted by atomic mass is 32.2. The molecule has 194 valence electrons. The summed E-state index contributed by atoms with van der Waals surface area (Å²) in [5.41, 5.74) is 0. The highest BCUT2D eigenvalue weighted by Gasteiger charge is 2.32. The number of rotatable bonds is 12. The fourth-order valence-corrected chi connectivity index (χ4v) is 4.82. The second kappa shape index (κ2) is 13.2. The number of thioether (sulfide) groups is 1. The van der Waals surface area contributed by atoms with Crippen LogP contribution in [-0.2, 0) is 19.1 Å². The molecule has 0 bridgehead atoms. The zero-order valence-electron chi connectivity index (χ0n) is 20.4. The minimum atomic E-state index is -0.946. The van der Waals surface area contributed by atoms with Crippen molar-refractivity contribution >= 4 is 47.4 Å². The fraction of sp³-hybridized carbons (Fsp3) is 0.583. The second-order valence-corrected chi connectivity index (χ2v) is 11.9. The topological polar surface area (TPSA) is 114 Å². The molecule has 1 fully saturated rings. The Bertz CT molecular complexity index is 911. The number of thiol groups is 1. The van der Waals surface area contributed by atoms with Crippen LogP contribution in [-0.4, -0.2) is 53.0 Å². The summed E-state index contributed by atoms with van der Waals surface area (Å²) in [6, 6.07) is 4.16. The van der Waals surface area contributed by atoms with Gasteiger partial charge in [0.15, 0.2) is 0 Å². The summed E-state index contributed by atoms with van der Waals surface area (Å²) in [5.74, 6) is -1.33. The van der Waals surface area contributed by atoms with Crippen molar-refractivity contribution < 1.29 is 28.3 Å². The Kier molecular flexibility index (Phi) is 10.9. The molecule has 1 aromatic rings. The van der Waals surface area contributed by atoms with Crippen molar-refractivity contribution in [2.75, 3.05) is 13.2 Å². The van der Waals surface area contributed by atoms with Crippen molar-refractivity contribution in [1.29, 1.82) is 0 Å². The largest absolute Gasteiger partial charge is 0.448 e. The summed E-state index contributed by atoms with van der Waals surface area (Å²) in [7, 11) is 0. The van der Waals surface area contributed by atoms with Crippen LogP contribution in [0.25, 0.3) is 0 Å². The van der Waals surface area contributed by atoms with Gasteiger partial charge in [0.05, 0.1) is 6.04 Å². The van der Waals surface area contributed by atoms with Gasteiger partial charge in [-0.1, -0.05) is 13.8 Å². The first-order valence-electron chi connectivity index (χ1n) is 11.5. The summed E-state index contributed by atoms with van der Waals surface area (Å²) in [6.07, 6.45) is 0.292. The molecule has 0 aromatic heterocycles. The standard InChI is InChI=1S/C24H34FN3O5S2/c1-14(2)11-18(21(30)27-19(22(31)34)12-15-9-10-26-20(15)29)28-23(32)33-13-24(3,4)35-17-7-5-16(25)6-8-17/h5-8,14-15,18-19H,9-13H2,1-4H3,(H,26,29)(H,27,30)(H,28,32)(H,31,34)/t15-,18-,19-/m0/s1. The van der Waals surface area contributed by atoms with Gasteiger partial charge < -0.3 is 20.7 Å². The van der Waals surface area contributed by atoms with E-state index in [1.54, 1.807) is 12.1 Å². The molecule has 1 aliphatic heterocycles. The normalized spacial score (nSPS) is 17.5. The smallest absolute Gasteiger partial charge is 0.407 e. The lowest BCUT2D eigenvalue weighted by molar-refractivity contribution is -0.128. The molecule has 1 aliphatic rings. The molecule has 0 radical (unpaired) electrons. The molecule has 35 heavy (non-hydrogen) atoms. The number of halogens is 1. The molecule has 11 heteroatoms. The van der Waals surface area contributed by atoms with Crippen molar-refractivity contribution in [3.63, 3.8) is 0 Å². The molecule has 0 unspecified atom stereocenters. The van der Waals surface area contributed by atoms with Gasteiger partial charge in [-0.05, 0) is 63.3 Å². The number of ether oxygens (including phenoxy) is 1. The maximum atomic E-state index is 13.1. The number of carbonyl (C=O) groups is 4. The number of amides is 3. The number of hydrogen-bond donors (Lipinski definition) is 4. The van der Waals surface area contributed by atoms with Crippen LogP contribution in [0.1, 0.15) is 47.0 Å². The summed E-state index contributed by atoms with van der Waals surface area (Å²) in [5, 5.41) is 7.38. The van der Waals surface area contributed by atoms with Crippen molar-refractivity contribution in [3.8, 4) is 0 Å². The maximum Gasteiger partial charge on any atom is 0.407 e. The van der Waals surface area contributed by atoms with Gasteiger partial charge in [0.2, 0.25) is 16.9 Å². The molecular weight excluding hydrogens is 493 g/mol. The first kappa shape index (κ1) is 29.0. The van der Waals surface area contributed by atoms with Crippen LogP contribution in [0.2, 0.25) is 0 Å². The molecule has 3 atom stereocenters. The molecule has 0 aliphatic carbocycles. The number of hydrogen-bond acceptors (Lipinski definition) is 6. The molecule has 3 amide bonds. The van der Waals surface area contributed by atoms with Crippen LogP contribution in [0.4, 0.5) is 9.18 Å². The van der Waals surface area contributed by atoms with Gasteiger partial charge >= 0.3 is 6.09 Å². The van der Waals surface area contributed by atoms with Crippen LogP contribution in [0.15, 0.2) is 29.2 Å². The third-order valence-electron chi connectivity index (χ3n) is 5.37. The van der Waals surface area contributed by atoms with Gasteiger partial charge in [-0.25, -0.2) is 9.18 Å². The summed E-state index contributed by atoms with van der Waals surface area (Å²) < 4.78 is 18.0. The number of carbonyl (C=O) groups excluding carboxylic acids is 4. The third kappa shape index (κ3) is 10.1. The SMILES string of the molecule is CC(C)C[C@H](NC(=O)OCC(C)(C)Sc1ccc(F)cc1)C(=O)N[C@@H](C[C@@H]1CCNC1=O)C(=O)S. The second-order valence-electron chi connectivity index (χ2n) is 9.63. The predicted octanol–water partition coefficient (Wildman–Crippen LogP) is 3.30. The Balaban J connectivity index is 1.95. The minimum Gasteiger partial charge on any atom is -0.448 e. The zero-order valence-corrected chi connectivity index (χ0v) is 22.1. The minimum absolute atomic E-state index is 0.0471. The Morgan fingerprint density at radius 1 is 1.20 bits per heavy atom. The van der Waals surface area contributed by atoms with Crippen molar-refractivity contribution in [2.45, 2.75) is 68.7 Å². The van der Waals surface area contributed by atoms with E-state index < -0.39 is 33.9 Å². The quantitative estimate of drug-likeness (QED) is 0.245. The molecule has 2 rings (SSSR count). The van der Waals surface area contributed by atoms with E-state index >= 15 is 0 Å². The molecule has 1 heterocycles. The van der Waals surface area contributed by atoms with Crippen molar-refractivity contribution in [3.05, 3.63) is 30.1 Å². The lowest BCUT2D eigenvalue weighted by atomic mass is 9.98. The summed E-state index contributed by atoms with van der Waals surface area (Å²) in [6.45, 7) is 8.15. The Morgan fingerprint density at radius 2 is 1.86 bits per heavy atom. The molecule has 0 spiro atoms. The van der Waals surface area contributed by atoms with Crippen LogP contribution in [0.5, 0.6) is 0 Å². The predicted molar refractivity (Wildman–Crippen MR) is 136 cm³/mol. The van der Waals surface area contributed by atoms with Gasteiger partial charge in [0.25, 0.3) is 0 Å². The van der Waals surface area contributed by atoms with E-state index in [0.717, 1.165) is 4.90 Å². The molecule has 3 N–H and O–H groups in total. The first-order valence-corrected chi connectivity index (χ1v) is 12.8. The van der Waals surface area contributed by atoms with Gasteiger partial charge in [-0.15, -0.1) is 24.4 Å². The van der Waals surface area contributed by atoms with Gasteiger partial charge in [-0.3, -0.25) is 14.4 Å². The Labute approximate surface area is 215 Å². The van der Waals surface area contributed by atoms with E-state index in [0.29, 0.717) is 19.4 Å². The van der Waals surface area contributed by atoms with E-state index in [9.17, 15) is 23.6 Å². The van der Waals surface area contributed by atoms with Crippen LogP contribution < -0.4 is 16.0 Å². The van der Waals surface area contributed by atoms with Crippen LogP contribution in [0.3, 0.4) is 0 Å². The molecule has 8 nitrogen and oxygen atoms in total. The average Bonchev–Trinajstić information content (AvgIpc) is 3.17. The molecule has 1 aromatic carbocycles. The van der Waals surface area contributed by atoms with Crippen molar-refractivity contribution in [2.24, 2.45) is 11.8 Å². The van der Waals surface area contributed by atoms with E-state index in [2.05, 4.69) is 28.6 Å². The maximum absolute atomic E-state index is 13.1. The lowest BCUT2D eigenvalue weighted by Crippen LogP contribution is -2.52. The van der Waals surface area contributed by atoms with Gasteiger partial charge in [0, 0.05) is 22.1 Å².